The van der Waals surface area contributed by atoms with E-state index in [4.69, 9.17) is 5.11 Å². The molecule has 1 saturated heterocycles. The molecule has 1 N–H and O–H groups in total. The Bertz CT molecular complexity index is 296. The fraction of sp³-hybridized carbons (Fsp3) is 0.615. The Morgan fingerprint density at radius 1 is 1.31 bits per heavy atom. The van der Waals surface area contributed by atoms with Gasteiger partial charge in [0.15, 0.2) is 0 Å². The summed E-state index contributed by atoms with van der Waals surface area (Å²) >= 11 is 0. The predicted molar refractivity (Wildman–Crippen MR) is 66.2 cm³/mol. The second-order valence-corrected chi connectivity index (χ2v) is 4.32. The first-order valence-corrected chi connectivity index (χ1v) is 5.93. The van der Waals surface area contributed by atoms with Gasteiger partial charge in [-0.25, -0.2) is 0 Å². The SMILES string of the molecule is CN1CCCCC1.Cc1ccncc1CO. The monoisotopic (exact) mass is 222 g/mol. The Morgan fingerprint density at radius 3 is 2.38 bits per heavy atom. The van der Waals surface area contributed by atoms with Crippen molar-refractivity contribution in [1.29, 1.82) is 0 Å². The summed E-state index contributed by atoms with van der Waals surface area (Å²) in [4.78, 5) is 6.25. The molecule has 0 atom stereocenters. The third-order valence-corrected chi connectivity index (χ3v) is 2.90. The number of rotatable bonds is 1. The van der Waals surface area contributed by atoms with Crippen LogP contribution in [0.3, 0.4) is 0 Å². The van der Waals surface area contributed by atoms with E-state index in [1.165, 1.54) is 32.4 Å². The maximum Gasteiger partial charge on any atom is 0.0699 e. The summed E-state index contributed by atoms with van der Waals surface area (Å²) < 4.78 is 0. The molecule has 0 radical (unpaired) electrons. The van der Waals surface area contributed by atoms with E-state index < -0.39 is 0 Å². The molecule has 1 aliphatic heterocycles. The van der Waals surface area contributed by atoms with E-state index in [1.54, 1.807) is 12.4 Å². The second-order valence-electron chi connectivity index (χ2n) is 4.32. The van der Waals surface area contributed by atoms with Gasteiger partial charge in [0.1, 0.15) is 0 Å². The molecule has 1 aliphatic rings. The second kappa shape index (κ2) is 7.36. The number of aromatic nitrogens is 1. The molecule has 3 nitrogen and oxygen atoms in total. The van der Waals surface area contributed by atoms with Crippen LogP contribution in [0.15, 0.2) is 18.5 Å². The number of hydrogen-bond donors (Lipinski definition) is 1. The van der Waals surface area contributed by atoms with Crippen LogP contribution in [0.25, 0.3) is 0 Å². The van der Waals surface area contributed by atoms with Crippen molar-refractivity contribution >= 4 is 0 Å². The number of aliphatic hydroxyl groups is 1. The molecule has 0 saturated carbocycles. The minimum absolute atomic E-state index is 0.0830. The van der Waals surface area contributed by atoms with Crippen LogP contribution >= 0.6 is 0 Å². The molecule has 90 valence electrons. The zero-order valence-electron chi connectivity index (χ0n) is 10.3. The molecule has 1 aromatic rings. The lowest BCUT2D eigenvalue weighted by atomic mass is 10.1. The average molecular weight is 222 g/mol. The molecule has 0 unspecified atom stereocenters. The quantitative estimate of drug-likeness (QED) is 0.789. The van der Waals surface area contributed by atoms with Gasteiger partial charge in [0.05, 0.1) is 6.61 Å². The summed E-state index contributed by atoms with van der Waals surface area (Å²) in [6, 6.07) is 1.88. The van der Waals surface area contributed by atoms with Crippen LogP contribution in [-0.2, 0) is 6.61 Å². The van der Waals surface area contributed by atoms with E-state index >= 15 is 0 Å². The van der Waals surface area contributed by atoms with E-state index in [0.29, 0.717) is 0 Å². The van der Waals surface area contributed by atoms with E-state index in [0.717, 1.165) is 11.1 Å². The number of piperidine rings is 1. The standard InChI is InChI=1S/C7H9NO.C6H13N/c1-6-2-3-8-4-7(6)5-9;1-7-5-3-2-4-6-7/h2-4,9H,5H2,1H3;2-6H2,1H3. The molecule has 0 aromatic carbocycles. The summed E-state index contributed by atoms with van der Waals surface area (Å²) in [7, 11) is 2.19. The maximum atomic E-state index is 8.68. The Balaban J connectivity index is 0.000000165. The third kappa shape index (κ3) is 4.73. The lowest BCUT2D eigenvalue weighted by molar-refractivity contribution is 0.277. The highest BCUT2D eigenvalue weighted by Gasteiger charge is 2.02. The summed E-state index contributed by atoms with van der Waals surface area (Å²) in [6.45, 7) is 4.67. The van der Waals surface area contributed by atoms with Gasteiger partial charge in [0.25, 0.3) is 0 Å². The highest BCUT2D eigenvalue weighted by atomic mass is 16.3. The van der Waals surface area contributed by atoms with Crippen molar-refractivity contribution in [3.63, 3.8) is 0 Å². The van der Waals surface area contributed by atoms with Gasteiger partial charge in [-0.3, -0.25) is 4.98 Å². The Kier molecular flexibility index (Phi) is 6.04. The van der Waals surface area contributed by atoms with E-state index in [9.17, 15) is 0 Å². The highest BCUT2D eigenvalue weighted by Crippen LogP contribution is 2.04. The predicted octanol–water partition coefficient (Wildman–Crippen LogP) is 1.98. The number of pyridine rings is 1. The molecule has 3 heteroatoms. The summed E-state index contributed by atoms with van der Waals surface area (Å²) in [5.74, 6) is 0. The van der Waals surface area contributed by atoms with Crippen LogP contribution in [0.2, 0.25) is 0 Å². The summed E-state index contributed by atoms with van der Waals surface area (Å²) in [6.07, 6.45) is 7.67. The normalized spacial score (nSPS) is 16.4. The van der Waals surface area contributed by atoms with Crippen LogP contribution in [0, 0.1) is 6.92 Å². The van der Waals surface area contributed by atoms with Crippen LogP contribution < -0.4 is 0 Å². The number of nitrogens with zero attached hydrogens (tertiary/aromatic N) is 2. The van der Waals surface area contributed by atoms with Crippen molar-refractivity contribution in [1.82, 2.24) is 9.88 Å². The van der Waals surface area contributed by atoms with Crippen LogP contribution in [-0.4, -0.2) is 35.1 Å². The van der Waals surface area contributed by atoms with Crippen LogP contribution in [0.5, 0.6) is 0 Å². The Labute approximate surface area is 98.1 Å². The zero-order chi connectivity index (χ0) is 11.8. The number of hydrogen-bond acceptors (Lipinski definition) is 3. The molecule has 0 spiro atoms. The van der Waals surface area contributed by atoms with Gasteiger partial charge < -0.3 is 10.0 Å². The van der Waals surface area contributed by atoms with Crippen molar-refractivity contribution in [2.24, 2.45) is 0 Å². The number of aliphatic hydroxyl groups excluding tert-OH is 1. The topological polar surface area (TPSA) is 36.4 Å². The van der Waals surface area contributed by atoms with Gasteiger partial charge in [0.2, 0.25) is 0 Å². The molecule has 1 fully saturated rings. The summed E-state index contributed by atoms with van der Waals surface area (Å²) in [5, 5.41) is 8.68. The maximum absolute atomic E-state index is 8.68. The lowest BCUT2D eigenvalue weighted by Gasteiger charge is -2.20. The molecule has 0 bridgehead atoms. The highest BCUT2D eigenvalue weighted by molar-refractivity contribution is 5.19. The van der Waals surface area contributed by atoms with Crippen molar-refractivity contribution < 1.29 is 5.11 Å². The largest absolute Gasteiger partial charge is 0.392 e. The number of likely N-dealkylation sites (tertiary alicyclic amines) is 1. The Hall–Kier alpha value is -0.930. The van der Waals surface area contributed by atoms with Gasteiger partial charge in [-0.05, 0) is 57.1 Å². The lowest BCUT2D eigenvalue weighted by Crippen LogP contribution is -2.24. The van der Waals surface area contributed by atoms with Crippen molar-refractivity contribution in [2.45, 2.75) is 32.8 Å². The van der Waals surface area contributed by atoms with Crippen molar-refractivity contribution in [3.8, 4) is 0 Å². The fourth-order valence-corrected chi connectivity index (χ4v) is 1.71. The molecule has 2 rings (SSSR count). The molecular formula is C13H22N2O. The molecule has 0 aliphatic carbocycles. The van der Waals surface area contributed by atoms with E-state index in [2.05, 4.69) is 16.9 Å². The minimum atomic E-state index is 0.0830. The third-order valence-electron chi connectivity index (χ3n) is 2.90. The van der Waals surface area contributed by atoms with E-state index in [1.807, 2.05) is 13.0 Å². The Morgan fingerprint density at radius 2 is 2.00 bits per heavy atom. The molecule has 16 heavy (non-hydrogen) atoms. The van der Waals surface area contributed by atoms with Gasteiger partial charge >= 0.3 is 0 Å². The first kappa shape index (κ1) is 13.1. The first-order chi connectivity index (χ1) is 7.74. The zero-order valence-corrected chi connectivity index (χ0v) is 10.3. The van der Waals surface area contributed by atoms with Gasteiger partial charge in [-0.1, -0.05) is 6.42 Å². The van der Waals surface area contributed by atoms with Crippen molar-refractivity contribution in [2.75, 3.05) is 20.1 Å². The smallest absolute Gasteiger partial charge is 0.0699 e. The molecule has 0 amide bonds. The minimum Gasteiger partial charge on any atom is -0.392 e. The first-order valence-electron chi connectivity index (χ1n) is 5.93. The fourth-order valence-electron chi connectivity index (χ4n) is 1.71. The van der Waals surface area contributed by atoms with Crippen LogP contribution in [0.4, 0.5) is 0 Å². The summed E-state index contributed by atoms with van der Waals surface area (Å²) in [5.41, 5.74) is 1.99. The average Bonchev–Trinajstić information content (AvgIpc) is 2.31. The van der Waals surface area contributed by atoms with E-state index in [-0.39, 0.29) is 6.61 Å². The molecule has 1 aromatic heterocycles. The van der Waals surface area contributed by atoms with Crippen molar-refractivity contribution in [3.05, 3.63) is 29.6 Å². The van der Waals surface area contributed by atoms with Crippen LogP contribution in [0.1, 0.15) is 30.4 Å². The number of aryl methyl sites for hydroxylation is 1. The molecule has 2 heterocycles. The van der Waals surface area contributed by atoms with Gasteiger partial charge in [-0.15, -0.1) is 0 Å². The van der Waals surface area contributed by atoms with Gasteiger partial charge in [0, 0.05) is 12.4 Å². The van der Waals surface area contributed by atoms with Gasteiger partial charge in [-0.2, -0.15) is 0 Å². The molecular weight excluding hydrogens is 200 g/mol.